The van der Waals surface area contributed by atoms with Crippen molar-refractivity contribution in [3.05, 3.63) is 19.8 Å². The maximum absolute atomic E-state index is 10.3. The normalized spacial score (nSPS) is 11.8. The van der Waals surface area contributed by atoms with Crippen molar-refractivity contribution in [3.8, 4) is 11.5 Å². The van der Waals surface area contributed by atoms with Crippen molar-refractivity contribution in [1.29, 1.82) is 0 Å². The first-order valence-corrected chi connectivity index (χ1v) is 7.53. The van der Waals surface area contributed by atoms with Crippen molar-refractivity contribution in [2.24, 2.45) is 0 Å². The second kappa shape index (κ2) is 3.90. The van der Waals surface area contributed by atoms with Gasteiger partial charge in [-0.25, -0.2) is 0 Å². The molecule has 0 aliphatic carbocycles. The van der Waals surface area contributed by atoms with Gasteiger partial charge in [0.2, 0.25) is 0 Å². The summed E-state index contributed by atoms with van der Waals surface area (Å²) in [5.74, 6) is 0.208. The van der Waals surface area contributed by atoms with Gasteiger partial charge in [-0.15, -0.1) is 22.7 Å². The van der Waals surface area contributed by atoms with Gasteiger partial charge in [-0.2, -0.15) is 0 Å². The molecule has 0 saturated carbocycles. The van der Waals surface area contributed by atoms with Gasteiger partial charge in [0.15, 0.2) is 0 Å². The number of thiophene rings is 2. The molecular weight excluding hydrogens is 311 g/mol. The molecule has 2 aromatic heterocycles. The molecule has 94 valence electrons. The van der Waals surface area contributed by atoms with Crippen molar-refractivity contribution >= 4 is 66.0 Å². The molecule has 0 radical (unpaired) electrons. The number of aromatic hydroxyl groups is 2. The Morgan fingerprint density at radius 2 is 1.11 bits per heavy atom. The lowest BCUT2D eigenvalue weighted by Gasteiger charge is -2.02. The Labute approximate surface area is 121 Å². The van der Waals surface area contributed by atoms with Crippen LogP contribution in [0.25, 0.3) is 20.2 Å². The van der Waals surface area contributed by atoms with E-state index in [0.717, 1.165) is 9.75 Å². The maximum Gasteiger partial charge on any atom is 0.143 e. The monoisotopic (exact) mass is 318 g/mol. The van der Waals surface area contributed by atoms with Gasteiger partial charge in [0.1, 0.15) is 11.5 Å². The van der Waals surface area contributed by atoms with Crippen LogP contribution in [0.1, 0.15) is 9.75 Å². The summed E-state index contributed by atoms with van der Waals surface area (Å²) in [5.41, 5.74) is 0. The summed E-state index contributed by atoms with van der Waals surface area (Å²) in [7, 11) is 0. The molecule has 0 spiro atoms. The lowest BCUT2D eigenvalue weighted by Crippen LogP contribution is -1.74. The van der Waals surface area contributed by atoms with Crippen LogP contribution in [0.15, 0.2) is 0 Å². The zero-order chi connectivity index (χ0) is 13.2. The number of hydrogen-bond donors (Lipinski definition) is 2. The van der Waals surface area contributed by atoms with E-state index in [0.29, 0.717) is 30.2 Å². The minimum absolute atomic E-state index is 0.104. The Bertz CT molecular complexity index is 734. The number of benzene rings is 1. The smallest absolute Gasteiger partial charge is 0.143 e. The fraction of sp³-hybridized carbons (Fsp3) is 0.167. The van der Waals surface area contributed by atoms with Crippen LogP contribution >= 0.6 is 45.9 Å². The Hall–Kier alpha value is -0.680. The lowest BCUT2D eigenvalue weighted by molar-refractivity contribution is 0.480. The van der Waals surface area contributed by atoms with Crippen LogP contribution in [0.3, 0.4) is 0 Å². The van der Waals surface area contributed by atoms with Gasteiger partial charge in [-0.05, 0) is 13.8 Å². The van der Waals surface area contributed by atoms with Crippen LogP contribution in [0, 0.1) is 13.8 Å². The van der Waals surface area contributed by atoms with E-state index in [2.05, 4.69) is 0 Å². The molecule has 0 bridgehead atoms. The molecule has 2 nitrogen and oxygen atoms in total. The molecule has 0 unspecified atom stereocenters. The van der Waals surface area contributed by atoms with Gasteiger partial charge < -0.3 is 10.2 Å². The zero-order valence-electron chi connectivity index (χ0n) is 9.47. The molecule has 0 atom stereocenters. The van der Waals surface area contributed by atoms with Gasteiger partial charge in [-0.1, -0.05) is 23.2 Å². The number of halogens is 2. The van der Waals surface area contributed by atoms with Crippen molar-refractivity contribution in [2.75, 3.05) is 0 Å². The number of aryl methyl sites for hydroxylation is 2. The van der Waals surface area contributed by atoms with Crippen molar-refractivity contribution in [2.45, 2.75) is 13.8 Å². The largest absolute Gasteiger partial charge is 0.506 e. The number of hydrogen-bond acceptors (Lipinski definition) is 4. The second-order valence-corrected chi connectivity index (χ2v) is 7.26. The Balaban J connectivity index is 2.69. The van der Waals surface area contributed by atoms with Gasteiger partial charge in [0.25, 0.3) is 0 Å². The number of fused-ring (bicyclic) bond motifs is 2. The fourth-order valence-corrected chi connectivity index (χ4v) is 4.74. The van der Waals surface area contributed by atoms with Crippen LogP contribution in [0.4, 0.5) is 0 Å². The van der Waals surface area contributed by atoms with Crippen molar-refractivity contribution in [3.63, 3.8) is 0 Å². The van der Waals surface area contributed by atoms with Crippen LogP contribution in [0.2, 0.25) is 10.0 Å². The van der Waals surface area contributed by atoms with Gasteiger partial charge in [0.05, 0.1) is 30.2 Å². The molecular formula is C12H8Cl2O2S2. The summed E-state index contributed by atoms with van der Waals surface area (Å²) < 4.78 is 1.17. The standard InChI is InChI=1S/C12H8Cl2O2S2/c1-3-7(13)5-9(15)12-6(8(14)4(2)18-12)10(16)11(5)17-3/h15-16H,1-2H3. The molecule has 0 aliphatic rings. The van der Waals surface area contributed by atoms with Crippen LogP contribution < -0.4 is 0 Å². The third-order valence-electron chi connectivity index (χ3n) is 2.93. The quantitative estimate of drug-likeness (QED) is 0.541. The van der Waals surface area contributed by atoms with E-state index in [-0.39, 0.29) is 11.5 Å². The SMILES string of the molecule is Cc1sc2c(O)c3c(Cl)c(C)sc3c(O)c2c1Cl. The molecule has 18 heavy (non-hydrogen) atoms. The Morgan fingerprint density at radius 3 is 1.44 bits per heavy atom. The average Bonchev–Trinajstić information content (AvgIpc) is 2.78. The highest BCUT2D eigenvalue weighted by Gasteiger charge is 2.23. The summed E-state index contributed by atoms with van der Waals surface area (Å²) in [6.45, 7) is 3.71. The first kappa shape index (κ1) is 12.4. The molecule has 2 N–H and O–H groups in total. The van der Waals surface area contributed by atoms with Gasteiger partial charge >= 0.3 is 0 Å². The van der Waals surface area contributed by atoms with Crippen LogP contribution in [0.5, 0.6) is 11.5 Å². The summed E-state index contributed by atoms with van der Waals surface area (Å²) >= 11 is 15.1. The van der Waals surface area contributed by atoms with Gasteiger partial charge in [0, 0.05) is 9.75 Å². The molecule has 0 aliphatic heterocycles. The second-order valence-electron chi connectivity index (χ2n) is 4.05. The molecule has 2 heterocycles. The number of phenolic OH excluding ortho intramolecular Hbond substituents is 2. The predicted molar refractivity (Wildman–Crippen MR) is 80.0 cm³/mol. The summed E-state index contributed by atoms with van der Waals surface area (Å²) in [6, 6.07) is 0. The van der Waals surface area contributed by atoms with Gasteiger partial charge in [-0.3, -0.25) is 0 Å². The van der Waals surface area contributed by atoms with E-state index in [9.17, 15) is 10.2 Å². The molecule has 0 saturated heterocycles. The number of rotatable bonds is 0. The third kappa shape index (κ3) is 1.40. The molecule has 0 amide bonds. The Morgan fingerprint density at radius 1 is 0.778 bits per heavy atom. The predicted octanol–water partition coefficient (Wildman–Crippen LogP) is 5.45. The van der Waals surface area contributed by atoms with E-state index in [4.69, 9.17) is 23.2 Å². The average molecular weight is 319 g/mol. The fourth-order valence-electron chi connectivity index (χ4n) is 2.03. The summed E-state index contributed by atoms with van der Waals surface area (Å²) in [4.78, 5) is 1.73. The first-order valence-electron chi connectivity index (χ1n) is 5.14. The van der Waals surface area contributed by atoms with Crippen molar-refractivity contribution in [1.82, 2.24) is 0 Å². The molecule has 0 fully saturated rings. The zero-order valence-corrected chi connectivity index (χ0v) is 12.6. The Kier molecular flexibility index (Phi) is 2.68. The van der Waals surface area contributed by atoms with Crippen LogP contribution in [-0.2, 0) is 0 Å². The minimum Gasteiger partial charge on any atom is -0.506 e. The van der Waals surface area contributed by atoms with Crippen molar-refractivity contribution < 1.29 is 10.2 Å². The summed E-state index contributed by atoms with van der Waals surface area (Å²) in [6.07, 6.45) is 0. The van der Waals surface area contributed by atoms with Crippen LogP contribution in [-0.4, -0.2) is 10.2 Å². The first-order chi connectivity index (χ1) is 8.43. The third-order valence-corrected chi connectivity index (χ3v) is 6.32. The molecule has 3 rings (SSSR count). The van der Waals surface area contributed by atoms with E-state index >= 15 is 0 Å². The van der Waals surface area contributed by atoms with E-state index < -0.39 is 0 Å². The molecule has 1 aromatic carbocycles. The highest BCUT2D eigenvalue weighted by Crippen LogP contribution is 2.53. The molecule has 3 aromatic rings. The maximum atomic E-state index is 10.3. The highest BCUT2D eigenvalue weighted by molar-refractivity contribution is 7.22. The minimum atomic E-state index is 0.104. The van der Waals surface area contributed by atoms with E-state index in [1.807, 2.05) is 13.8 Å². The van der Waals surface area contributed by atoms with E-state index in [1.165, 1.54) is 22.7 Å². The summed E-state index contributed by atoms with van der Waals surface area (Å²) in [5, 5.41) is 22.7. The number of phenols is 2. The molecule has 6 heteroatoms. The topological polar surface area (TPSA) is 40.5 Å². The van der Waals surface area contributed by atoms with E-state index in [1.54, 1.807) is 0 Å². The highest BCUT2D eigenvalue weighted by atomic mass is 35.5. The lowest BCUT2D eigenvalue weighted by atomic mass is 10.1.